The third kappa shape index (κ3) is 4.15. The molecule has 3 aromatic rings. The molecular formula is C34H25Cl2FN2O9. The van der Waals surface area contributed by atoms with Gasteiger partial charge in [-0.3, -0.25) is 19.2 Å². The smallest absolute Gasteiger partial charge is 0.339 e. The number of phenols is 2. The van der Waals surface area contributed by atoms with E-state index in [0.29, 0.717) is 5.57 Å². The number of rotatable bonds is 5. The summed E-state index contributed by atoms with van der Waals surface area (Å²) >= 11 is 14.6. The maximum absolute atomic E-state index is 14.4. The van der Waals surface area contributed by atoms with Crippen LogP contribution < -0.4 is 14.5 Å². The number of halogens is 3. The van der Waals surface area contributed by atoms with Crippen LogP contribution in [0.2, 0.25) is 0 Å². The Morgan fingerprint density at radius 2 is 1.56 bits per heavy atom. The van der Waals surface area contributed by atoms with Gasteiger partial charge in [0.2, 0.25) is 11.8 Å². The largest absolute Gasteiger partial charge is 0.507 e. The van der Waals surface area contributed by atoms with Gasteiger partial charge in [0, 0.05) is 12.0 Å². The zero-order valence-corrected chi connectivity index (χ0v) is 26.4. The van der Waals surface area contributed by atoms with Crippen LogP contribution in [0.25, 0.3) is 0 Å². The number of phenolic OH excluding ortho intramolecular Hbond substituents is 1. The number of allylic oxidation sites excluding steroid dienone is 2. The zero-order chi connectivity index (χ0) is 34.4. The number of methoxy groups -OCH3 is 1. The lowest BCUT2D eigenvalue weighted by Crippen LogP contribution is -2.60. The maximum Gasteiger partial charge on any atom is 0.339 e. The molecule has 7 rings (SSSR count). The van der Waals surface area contributed by atoms with Crippen LogP contribution in [0.1, 0.15) is 34.7 Å². The summed E-state index contributed by atoms with van der Waals surface area (Å²) in [5.74, 6) is -9.97. The van der Waals surface area contributed by atoms with Gasteiger partial charge in [0.05, 0.1) is 30.3 Å². The van der Waals surface area contributed by atoms with Crippen molar-refractivity contribution in [1.29, 1.82) is 0 Å². The minimum atomic E-state index is -2.19. The highest BCUT2D eigenvalue weighted by atomic mass is 35.5. The lowest BCUT2D eigenvalue weighted by atomic mass is 9.56. The van der Waals surface area contributed by atoms with Crippen molar-refractivity contribution in [3.05, 3.63) is 89.3 Å². The molecule has 0 radical (unpaired) electrons. The lowest BCUT2D eigenvalue weighted by molar-refractivity contribution is -0.125. The molecule has 0 aromatic heterocycles. The van der Waals surface area contributed by atoms with Gasteiger partial charge in [0.25, 0.3) is 11.8 Å². The van der Waals surface area contributed by atoms with Crippen molar-refractivity contribution in [3.63, 3.8) is 0 Å². The molecule has 2 saturated heterocycles. The van der Waals surface area contributed by atoms with E-state index in [2.05, 4.69) is 0 Å². The Balaban J connectivity index is 1.38. The average Bonchev–Trinajstić information content (AvgIpc) is 3.39. The lowest BCUT2D eigenvalue weighted by Gasteiger charge is -2.50. The first-order valence-electron chi connectivity index (χ1n) is 14.8. The summed E-state index contributed by atoms with van der Waals surface area (Å²) < 4.78 is 19.0. The number of fused-ring (bicyclic) bond motifs is 4. The van der Waals surface area contributed by atoms with Crippen LogP contribution in [0.3, 0.4) is 0 Å². The van der Waals surface area contributed by atoms with E-state index in [0.717, 1.165) is 34.1 Å². The molecular weight excluding hydrogens is 670 g/mol. The normalized spacial score (nSPS) is 29.4. The molecule has 48 heavy (non-hydrogen) atoms. The second kappa shape index (κ2) is 10.8. The Morgan fingerprint density at radius 1 is 0.875 bits per heavy atom. The number of carbonyl (C=O) groups is 5. The molecule has 2 heterocycles. The highest BCUT2D eigenvalue weighted by molar-refractivity contribution is 6.58. The molecule has 3 fully saturated rings. The summed E-state index contributed by atoms with van der Waals surface area (Å²) in [6.45, 7) is 0. The van der Waals surface area contributed by atoms with E-state index in [1.165, 1.54) is 37.4 Å². The second-order valence-electron chi connectivity index (χ2n) is 12.2. The Bertz CT molecular complexity index is 2000. The summed E-state index contributed by atoms with van der Waals surface area (Å²) in [6.07, 6.45) is 1.42. The molecule has 2 aliphatic carbocycles. The number of nitrogens with zero attached hydrogens (tertiary/aromatic N) is 2. The van der Waals surface area contributed by atoms with Gasteiger partial charge in [-0.05, 0) is 72.9 Å². The van der Waals surface area contributed by atoms with E-state index >= 15 is 0 Å². The van der Waals surface area contributed by atoms with Crippen molar-refractivity contribution in [2.75, 3.05) is 16.9 Å². The standard InChI is InChI=1S/C34H25Cl2FN2O9/c1-48-25-11-2-15(12-24(25)41)27-19-9-10-21-26(29(43)38(28(21)42)18-7-8-20(30(44)45)23(40)13-18)22(19)14-33(35)31(46)39(32(47)34(27,33)36)17-5-3-16(37)4-6-17/h2-9,11-13,21-22,26-27,40-41H,10,14H2,1H3,(H,44,45)/t21-,22+,26-,27-,33+,34-/m0/s1. The number of hydrogen-bond acceptors (Lipinski definition) is 8. The Morgan fingerprint density at radius 3 is 2.19 bits per heavy atom. The summed E-state index contributed by atoms with van der Waals surface area (Å²) in [6, 6.07) is 12.3. The predicted molar refractivity (Wildman–Crippen MR) is 169 cm³/mol. The highest BCUT2D eigenvalue weighted by Gasteiger charge is 2.76. The third-order valence-electron chi connectivity index (χ3n) is 9.90. The summed E-state index contributed by atoms with van der Waals surface area (Å²) in [4.78, 5) is 65.4. The fraction of sp³-hybridized carbons (Fsp3) is 0.265. The van der Waals surface area contributed by atoms with Crippen molar-refractivity contribution in [3.8, 4) is 17.2 Å². The summed E-state index contributed by atoms with van der Waals surface area (Å²) in [5.41, 5.74) is 0.302. The van der Waals surface area contributed by atoms with Gasteiger partial charge in [-0.15, -0.1) is 23.2 Å². The number of imide groups is 2. The molecule has 3 aromatic carbocycles. The van der Waals surface area contributed by atoms with Gasteiger partial charge in [-0.2, -0.15) is 0 Å². The molecule has 4 aliphatic rings. The zero-order valence-electron chi connectivity index (χ0n) is 24.9. The van der Waals surface area contributed by atoms with Crippen molar-refractivity contribution >= 4 is 64.2 Å². The van der Waals surface area contributed by atoms with Crippen LogP contribution in [-0.4, -0.2) is 61.8 Å². The van der Waals surface area contributed by atoms with Crippen molar-refractivity contribution in [1.82, 2.24) is 0 Å². The van der Waals surface area contributed by atoms with E-state index in [9.17, 15) is 43.7 Å². The highest BCUT2D eigenvalue weighted by Crippen LogP contribution is 2.66. The second-order valence-corrected chi connectivity index (χ2v) is 13.4. The molecule has 0 spiro atoms. The molecule has 1 saturated carbocycles. The number of carboxylic acids is 1. The van der Waals surface area contributed by atoms with Crippen LogP contribution in [0.5, 0.6) is 17.2 Å². The fourth-order valence-corrected chi connectivity index (χ4v) is 8.69. The Kier molecular flexibility index (Phi) is 7.12. The SMILES string of the molecule is COc1ccc([C@H]2C3=CC[C@@H]4C(=O)N(c5ccc(C(=O)O)c(O)c5)C(=O)[C@@H]4[C@@H]3C[C@@]3(Cl)C(=O)N(c4ccc(F)cc4)C(=O)[C@@]23Cl)cc1O. The van der Waals surface area contributed by atoms with Gasteiger partial charge in [0.15, 0.2) is 21.2 Å². The Hall–Kier alpha value is -4.94. The monoisotopic (exact) mass is 694 g/mol. The van der Waals surface area contributed by atoms with Gasteiger partial charge in [-0.1, -0.05) is 17.7 Å². The van der Waals surface area contributed by atoms with E-state index in [-0.39, 0.29) is 41.3 Å². The van der Waals surface area contributed by atoms with E-state index in [1.54, 1.807) is 12.1 Å². The van der Waals surface area contributed by atoms with E-state index < -0.39 is 80.1 Å². The number of carboxylic acid groups (broad SMARTS) is 1. The van der Waals surface area contributed by atoms with Crippen molar-refractivity contribution in [2.45, 2.75) is 28.5 Å². The molecule has 4 amide bonds. The summed E-state index contributed by atoms with van der Waals surface area (Å²) in [5, 5.41) is 30.4. The Labute approximate surface area is 281 Å². The number of carbonyl (C=O) groups excluding carboxylic acids is 4. The molecule has 2 aliphatic heterocycles. The maximum atomic E-state index is 14.4. The summed E-state index contributed by atoms with van der Waals surface area (Å²) in [7, 11) is 1.35. The molecule has 3 N–H and O–H groups in total. The number of amides is 4. The first kappa shape index (κ1) is 31.6. The topological polar surface area (TPSA) is 162 Å². The number of aromatic hydroxyl groups is 2. The molecule has 246 valence electrons. The van der Waals surface area contributed by atoms with Crippen LogP contribution in [0.15, 0.2) is 72.3 Å². The molecule has 0 bridgehead atoms. The first-order chi connectivity index (χ1) is 22.7. The molecule has 11 nitrogen and oxygen atoms in total. The number of ether oxygens (including phenoxy) is 1. The van der Waals surface area contributed by atoms with E-state index in [4.69, 9.17) is 27.9 Å². The van der Waals surface area contributed by atoms with E-state index in [1.807, 2.05) is 0 Å². The van der Waals surface area contributed by atoms with Gasteiger partial charge >= 0.3 is 5.97 Å². The van der Waals surface area contributed by atoms with Crippen LogP contribution in [-0.2, 0) is 19.2 Å². The quantitative estimate of drug-likeness (QED) is 0.195. The van der Waals surface area contributed by atoms with Crippen molar-refractivity contribution in [2.24, 2.45) is 17.8 Å². The van der Waals surface area contributed by atoms with Gasteiger partial charge in [0.1, 0.15) is 17.1 Å². The minimum absolute atomic E-state index is 0.0231. The molecule has 6 atom stereocenters. The number of aromatic carboxylic acids is 1. The van der Waals surface area contributed by atoms with Gasteiger partial charge in [-0.25, -0.2) is 19.0 Å². The minimum Gasteiger partial charge on any atom is -0.507 e. The number of hydrogen-bond donors (Lipinski definition) is 3. The van der Waals surface area contributed by atoms with Gasteiger partial charge < -0.3 is 20.1 Å². The first-order valence-corrected chi connectivity index (χ1v) is 15.5. The third-order valence-corrected chi connectivity index (χ3v) is 11.3. The van der Waals surface area contributed by atoms with Crippen LogP contribution in [0, 0.1) is 23.6 Å². The van der Waals surface area contributed by atoms with Crippen LogP contribution in [0.4, 0.5) is 15.8 Å². The predicted octanol–water partition coefficient (Wildman–Crippen LogP) is 4.71. The fourth-order valence-electron chi connectivity index (χ4n) is 7.75. The average molecular weight is 695 g/mol. The molecule has 0 unspecified atom stereocenters. The van der Waals surface area contributed by atoms with Crippen molar-refractivity contribution < 1.29 is 48.4 Å². The molecule has 14 heteroatoms. The number of alkyl halides is 2. The number of anilines is 2. The van der Waals surface area contributed by atoms with Crippen LogP contribution >= 0.6 is 23.2 Å². The number of benzene rings is 3.